The van der Waals surface area contributed by atoms with Gasteiger partial charge in [0, 0.05) is 47.9 Å². The summed E-state index contributed by atoms with van der Waals surface area (Å²) in [5.41, 5.74) is 5.17. The van der Waals surface area contributed by atoms with E-state index in [-0.39, 0.29) is 11.7 Å². The SMILES string of the molecule is Cc1noc(C)c1-c1ccc2nc(C(=O)NCc3cnn(C)c3)nc(NCc3cccc(Cl)c3)c2c1. The van der Waals surface area contributed by atoms with Gasteiger partial charge < -0.3 is 15.2 Å². The zero-order valence-electron chi connectivity index (χ0n) is 20.0. The highest BCUT2D eigenvalue weighted by atomic mass is 35.5. The number of carbonyl (C=O) groups excluding carboxylic acids is 1. The fourth-order valence-electron chi connectivity index (χ4n) is 4.07. The lowest BCUT2D eigenvalue weighted by molar-refractivity contribution is 0.0941. The van der Waals surface area contributed by atoms with E-state index in [9.17, 15) is 4.79 Å². The lowest BCUT2D eigenvalue weighted by Crippen LogP contribution is -2.25. The molecule has 0 bridgehead atoms. The number of aryl methyl sites for hydroxylation is 3. The zero-order chi connectivity index (χ0) is 25.2. The molecule has 10 heteroatoms. The molecule has 0 aliphatic carbocycles. The van der Waals surface area contributed by atoms with Gasteiger partial charge in [-0.2, -0.15) is 5.10 Å². The Bertz CT molecular complexity index is 1550. The first-order valence-electron chi connectivity index (χ1n) is 11.4. The van der Waals surface area contributed by atoms with Gasteiger partial charge >= 0.3 is 0 Å². The molecule has 0 saturated heterocycles. The van der Waals surface area contributed by atoms with E-state index in [1.807, 2.05) is 69.6 Å². The Morgan fingerprint density at radius 2 is 1.94 bits per heavy atom. The minimum atomic E-state index is -0.374. The zero-order valence-corrected chi connectivity index (χ0v) is 20.8. The molecule has 3 heterocycles. The Labute approximate surface area is 212 Å². The second-order valence-corrected chi connectivity index (χ2v) is 8.95. The molecule has 36 heavy (non-hydrogen) atoms. The number of amides is 1. The van der Waals surface area contributed by atoms with Crippen molar-refractivity contribution in [3.8, 4) is 11.1 Å². The highest BCUT2D eigenvalue weighted by Crippen LogP contribution is 2.31. The fourth-order valence-corrected chi connectivity index (χ4v) is 4.29. The molecular weight excluding hydrogens is 478 g/mol. The molecule has 0 unspecified atom stereocenters. The predicted octanol–water partition coefficient (Wildman–Crippen LogP) is 4.83. The van der Waals surface area contributed by atoms with E-state index >= 15 is 0 Å². The summed E-state index contributed by atoms with van der Waals surface area (Å²) in [7, 11) is 1.83. The van der Waals surface area contributed by atoms with Crippen molar-refractivity contribution in [3.63, 3.8) is 0 Å². The number of benzene rings is 2. The van der Waals surface area contributed by atoms with Crippen molar-refractivity contribution in [2.75, 3.05) is 5.32 Å². The third-order valence-electron chi connectivity index (χ3n) is 5.78. The molecule has 1 amide bonds. The third kappa shape index (κ3) is 4.92. The van der Waals surface area contributed by atoms with Crippen molar-refractivity contribution in [2.24, 2.45) is 7.05 Å². The van der Waals surface area contributed by atoms with Crippen molar-refractivity contribution >= 4 is 34.2 Å². The number of nitrogens with zero attached hydrogens (tertiary/aromatic N) is 5. The largest absolute Gasteiger partial charge is 0.365 e. The molecule has 182 valence electrons. The van der Waals surface area contributed by atoms with Crippen LogP contribution in [0.4, 0.5) is 5.82 Å². The monoisotopic (exact) mass is 501 g/mol. The second-order valence-electron chi connectivity index (χ2n) is 8.52. The number of fused-ring (bicyclic) bond motifs is 1. The molecule has 0 fully saturated rings. The first-order chi connectivity index (χ1) is 17.4. The maximum atomic E-state index is 13.0. The number of aromatic nitrogens is 5. The first kappa shape index (κ1) is 23.5. The summed E-state index contributed by atoms with van der Waals surface area (Å²) in [4.78, 5) is 22.1. The van der Waals surface area contributed by atoms with Crippen molar-refractivity contribution in [1.29, 1.82) is 0 Å². The summed E-state index contributed by atoms with van der Waals surface area (Å²) in [5, 5.41) is 15.9. The Morgan fingerprint density at radius 1 is 1.08 bits per heavy atom. The van der Waals surface area contributed by atoms with Crippen LogP contribution in [0.5, 0.6) is 0 Å². The van der Waals surface area contributed by atoms with Gasteiger partial charge in [0.05, 0.1) is 17.4 Å². The van der Waals surface area contributed by atoms with Crippen LogP contribution >= 0.6 is 11.6 Å². The summed E-state index contributed by atoms with van der Waals surface area (Å²) >= 11 is 6.16. The minimum absolute atomic E-state index is 0.0741. The van der Waals surface area contributed by atoms with E-state index in [0.29, 0.717) is 29.4 Å². The Balaban J connectivity index is 1.51. The average molecular weight is 502 g/mol. The van der Waals surface area contributed by atoms with Crippen molar-refractivity contribution in [1.82, 2.24) is 30.2 Å². The normalized spacial score (nSPS) is 11.1. The van der Waals surface area contributed by atoms with Crippen LogP contribution in [-0.2, 0) is 20.1 Å². The van der Waals surface area contributed by atoms with Crippen LogP contribution in [0.15, 0.2) is 59.4 Å². The molecule has 2 aromatic carbocycles. The van der Waals surface area contributed by atoms with E-state index in [4.69, 9.17) is 16.1 Å². The second kappa shape index (κ2) is 9.79. The summed E-state index contributed by atoms with van der Waals surface area (Å²) in [6, 6.07) is 13.4. The lowest BCUT2D eigenvalue weighted by Gasteiger charge is -2.12. The minimum Gasteiger partial charge on any atom is -0.365 e. The molecule has 0 spiro atoms. The first-order valence-corrected chi connectivity index (χ1v) is 11.7. The number of halogens is 1. The molecule has 5 aromatic rings. The van der Waals surface area contributed by atoms with Crippen LogP contribution < -0.4 is 10.6 Å². The maximum absolute atomic E-state index is 13.0. The van der Waals surface area contributed by atoms with Crippen LogP contribution in [0, 0.1) is 13.8 Å². The quantitative estimate of drug-likeness (QED) is 0.328. The van der Waals surface area contributed by atoms with Crippen molar-refractivity contribution in [3.05, 3.63) is 88.3 Å². The lowest BCUT2D eigenvalue weighted by atomic mass is 10.0. The fraction of sp³-hybridized carbons (Fsp3) is 0.192. The molecule has 0 radical (unpaired) electrons. The van der Waals surface area contributed by atoms with Gasteiger partial charge in [0.1, 0.15) is 11.6 Å². The molecule has 9 nitrogen and oxygen atoms in total. The Morgan fingerprint density at radius 3 is 2.67 bits per heavy atom. The summed E-state index contributed by atoms with van der Waals surface area (Å²) in [5.74, 6) is 0.971. The standard InChI is InChI=1S/C26H24ClN7O2/c1-15-23(16(2)36-33-15)19-7-8-22-21(10-19)24(28-11-17-5-4-6-20(27)9-17)32-25(31-22)26(35)29-12-18-13-30-34(3)14-18/h4-10,13-14H,11-12H2,1-3H3,(H,29,35)(H,28,31,32). The summed E-state index contributed by atoms with van der Waals surface area (Å²) in [6.07, 6.45) is 3.55. The van der Waals surface area contributed by atoms with Gasteiger partial charge in [0.15, 0.2) is 0 Å². The van der Waals surface area contributed by atoms with E-state index in [1.165, 1.54) is 0 Å². The van der Waals surface area contributed by atoms with Gasteiger partial charge in [0.25, 0.3) is 5.91 Å². The van der Waals surface area contributed by atoms with E-state index in [1.54, 1.807) is 10.9 Å². The van der Waals surface area contributed by atoms with E-state index < -0.39 is 0 Å². The van der Waals surface area contributed by atoms with Gasteiger partial charge in [-0.3, -0.25) is 9.48 Å². The molecule has 0 aliphatic heterocycles. The number of carbonyl (C=O) groups is 1. The molecule has 3 aromatic heterocycles. The van der Waals surface area contributed by atoms with Crippen LogP contribution in [-0.4, -0.2) is 30.8 Å². The number of nitrogens with one attached hydrogen (secondary N) is 2. The topological polar surface area (TPSA) is 111 Å². The molecule has 5 rings (SSSR count). The maximum Gasteiger partial charge on any atom is 0.289 e. The van der Waals surface area contributed by atoms with Gasteiger partial charge in [-0.1, -0.05) is 35.0 Å². The number of anilines is 1. The van der Waals surface area contributed by atoms with Gasteiger partial charge in [0.2, 0.25) is 5.82 Å². The number of hydrogen-bond acceptors (Lipinski definition) is 7. The van der Waals surface area contributed by atoms with E-state index in [0.717, 1.165) is 39.1 Å². The molecular formula is C26H24ClN7O2. The van der Waals surface area contributed by atoms with Crippen LogP contribution in [0.1, 0.15) is 33.2 Å². The Hall–Kier alpha value is -4.24. The van der Waals surface area contributed by atoms with Crippen LogP contribution in [0.25, 0.3) is 22.0 Å². The van der Waals surface area contributed by atoms with Gasteiger partial charge in [-0.15, -0.1) is 0 Å². The average Bonchev–Trinajstić information content (AvgIpc) is 3.44. The third-order valence-corrected chi connectivity index (χ3v) is 6.02. The molecule has 0 aliphatic rings. The smallest absolute Gasteiger partial charge is 0.289 e. The van der Waals surface area contributed by atoms with E-state index in [2.05, 4.69) is 30.9 Å². The van der Waals surface area contributed by atoms with Crippen molar-refractivity contribution < 1.29 is 9.32 Å². The summed E-state index contributed by atoms with van der Waals surface area (Å²) < 4.78 is 7.04. The van der Waals surface area contributed by atoms with Crippen LogP contribution in [0.3, 0.4) is 0 Å². The van der Waals surface area contributed by atoms with Gasteiger partial charge in [-0.05, 0) is 49.2 Å². The Kier molecular flexibility index (Phi) is 6.39. The molecule has 2 N–H and O–H groups in total. The highest BCUT2D eigenvalue weighted by Gasteiger charge is 2.17. The van der Waals surface area contributed by atoms with Crippen LogP contribution in [0.2, 0.25) is 5.02 Å². The number of rotatable bonds is 7. The molecule has 0 atom stereocenters. The highest BCUT2D eigenvalue weighted by molar-refractivity contribution is 6.30. The van der Waals surface area contributed by atoms with Crippen molar-refractivity contribution in [2.45, 2.75) is 26.9 Å². The summed E-state index contributed by atoms with van der Waals surface area (Å²) in [6.45, 7) is 4.58. The predicted molar refractivity (Wildman–Crippen MR) is 138 cm³/mol. The number of hydrogen-bond donors (Lipinski definition) is 2. The van der Waals surface area contributed by atoms with Gasteiger partial charge in [-0.25, -0.2) is 9.97 Å². The molecule has 0 saturated carbocycles.